The Labute approximate surface area is 104 Å². The van der Waals surface area contributed by atoms with Gasteiger partial charge in [0.15, 0.2) is 0 Å². The van der Waals surface area contributed by atoms with E-state index >= 15 is 0 Å². The summed E-state index contributed by atoms with van der Waals surface area (Å²) < 4.78 is 0. The third-order valence-electron chi connectivity index (χ3n) is 3.88. The fraction of sp³-hybridized carbons (Fsp3) is 0.923. The molecule has 0 radical (unpaired) electrons. The van der Waals surface area contributed by atoms with Crippen LogP contribution in [-0.4, -0.2) is 59.6 Å². The minimum Gasteiger partial charge on any atom is -0.395 e. The Hall–Kier alpha value is -0.610. The van der Waals surface area contributed by atoms with Crippen LogP contribution in [0.15, 0.2) is 0 Å². The average molecular weight is 240 g/mol. The second kappa shape index (κ2) is 5.83. The Kier molecular flexibility index (Phi) is 4.40. The van der Waals surface area contributed by atoms with E-state index in [9.17, 15) is 4.79 Å². The van der Waals surface area contributed by atoms with Crippen molar-refractivity contribution in [3.05, 3.63) is 0 Å². The largest absolute Gasteiger partial charge is 0.395 e. The summed E-state index contributed by atoms with van der Waals surface area (Å²) in [5, 5.41) is 9.00. The summed E-state index contributed by atoms with van der Waals surface area (Å²) >= 11 is 0. The number of hydrogen-bond acceptors (Lipinski definition) is 3. The molecule has 2 fully saturated rings. The van der Waals surface area contributed by atoms with Gasteiger partial charge in [-0.25, -0.2) is 0 Å². The van der Waals surface area contributed by atoms with Gasteiger partial charge >= 0.3 is 0 Å². The molecule has 17 heavy (non-hydrogen) atoms. The minimum atomic E-state index is 0.0826. The summed E-state index contributed by atoms with van der Waals surface area (Å²) in [7, 11) is 0. The van der Waals surface area contributed by atoms with Crippen LogP contribution >= 0.6 is 0 Å². The van der Waals surface area contributed by atoms with Crippen LogP contribution in [0.3, 0.4) is 0 Å². The Bertz CT molecular complexity index is 258. The van der Waals surface area contributed by atoms with Gasteiger partial charge in [0.2, 0.25) is 5.91 Å². The van der Waals surface area contributed by atoms with Crippen LogP contribution in [0.2, 0.25) is 0 Å². The summed E-state index contributed by atoms with van der Waals surface area (Å²) in [6, 6.07) is 0.415. The average Bonchev–Trinajstić information content (AvgIpc) is 3.13. The maximum atomic E-state index is 12.1. The van der Waals surface area contributed by atoms with Gasteiger partial charge in [-0.15, -0.1) is 0 Å². The number of aliphatic hydroxyl groups excluding tert-OH is 1. The molecule has 4 nitrogen and oxygen atoms in total. The zero-order valence-corrected chi connectivity index (χ0v) is 10.8. The fourth-order valence-corrected chi connectivity index (χ4v) is 2.51. The van der Waals surface area contributed by atoms with Crippen LogP contribution in [0.1, 0.15) is 32.6 Å². The van der Waals surface area contributed by atoms with E-state index in [2.05, 4.69) is 11.8 Å². The van der Waals surface area contributed by atoms with Crippen molar-refractivity contribution in [2.24, 2.45) is 5.92 Å². The third kappa shape index (κ3) is 3.68. The Morgan fingerprint density at radius 2 is 1.94 bits per heavy atom. The topological polar surface area (TPSA) is 43.8 Å². The van der Waals surface area contributed by atoms with Crippen molar-refractivity contribution in [1.29, 1.82) is 0 Å². The number of amides is 1. The molecule has 0 atom stereocenters. The molecule has 1 aliphatic heterocycles. The van der Waals surface area contributed by atoms with Crippen molar-refractivity contribution in [2.75, 3.05) is 32.8 Å². The lowest BCUT2D eigenvalue weighted by molar-refractivity contribution is -0.133. The molecule has 0 bridgehead atoms. The molecule has 1 saturated carbocycles. The smallest absolute Gasteiger partial charge is 0.237 e. The van der Waals surface area contributed by atoms with Gasteiger partial charge in [-0.05, 0) is 44.7 Å². The highest BCUT2D eigenvalue weighted by molar-refractivity contribution is 5.79. The second-order valence-corrected chi connectivity index (χ2v) is 5.50. The number of aliphatic hydroxyl groups is 1. The first-order valence-electron chi connectivity index (χ1n) is 6.83. The van der Waals surface area contributed by atoms with Crippen molar-refractivity contribution in [3.8, 4) is 0 Å². The first-order chi connectivity index (χ1) is 8.20. The molecule has 1 N–H and O–H groups in total. The number of piperidine rings is 1. The van der Waals surface area contributed by atoms with Gasteiger partial charge in [-0.1, -0.05) is 6.92 Å². The molecule has 2 rings (SSSR count). The number of hydrogen-bond donors (Lipinski definition) is 1. The number of likely N-dealkylation sites (tertiary alicyclic amines) is 1. The highest BCUT2D eigenvalue weighted by Crippen LogP contribution is 2.27. The number of rotatable bonds is 5. The van der Waals surface area contributed by atoms with E-state index in [4.69, 9.17) is 5.11 Å². The quantitative estimate of drug-likeness (QED) is 0.769. The molecule has 0 aromatic carbocycles. The first kappa shape index (κ1) is 12.8. The molecule has 1 aliphatic carbocycles. The summed E-state index contributed by atoms with van der Waals surface area (Å²) in [5.41, 5.74) is 0. The molecule has 98 valence electrons. The highest BCUT2D eigenvalue weighted by Gasteiger charge is 2.32. The van der Waals surface area contributed by atoms with E-state index in [-0.39, 0.29) is 12.5 Å². The van der Waals surface area contributed by atoms with Crippen molar-refractivity contribution in [2.45, 2.75) is 38.6 Å². The first-order valence-corrected chi connectivity index (χ1v) is 6.83. The maximum Gasteiger partial charge on any atom is 0.237 e. The van der Waals surface area contributed by atoms with Gasteiger partial charge in [0.1, 0.15) is 0 Å². The van der Waals surface area contributed by atoms with Crippen molar-refractivity contribution in [1.82, 2.24) is 9.80 Å². The summed E-state index contributed by atoms with van der Waals surface area (Å²) in [6.07, 6.45) is 4.64. The molecule has 0 unspecified atom stereocenters. The molecule has 0 spiro atoms. The Balaban J connectivity index is 1.78. The Morgan fingerprint density at radius 3 is 2.47 bits per heavy atom. The van der Waals surface area contributed by atoms with E-state index < -0.39 is 0 Å². The normalized spacial score (nSPS) is 22.7. The molecule has 1 amide bonds. The monoisotopic (exact) mass is 240 g/mol. The number of nitrogens with zero attached hydrogens (tertiary/aromatic N) is 2. The number of carbonyl (C=O) groups is 1. The van der Waals surface area contributed by atoms with Gasteiger partial charge in [0.05, 0.1) is 13.2 Å². The molecule has 0 aromatic rings. The van der Waals surface area contributed by atoms with Gasteiger partial charge < -0.3 is 10.0 Å². The minimum absolute atomic E-state index is 0.0826. The summed E-state index contributed by atoms with van der Waals surface area (Å²) in [5.74, 6) is 1.01. The van der Waals surface area contributed by atoms with E-state index in [0.717, 1.165) is 31.8 Å². The lowest BCUT2D eigenvalue weighted by Gasteiger charge is -2.31. The van der Waals surface area contributed by atoms with Crippen LogP contribution in [0.5, 0.6) is 0 Å². The van der Waals surface area contributed by atoms with E-state index in [0.29, 0.717) is 19.1 Å². The molecular formula is C13H24N2O2. The second-order valence-electron chi connectivity index (χ2n) is 5.50. The number of carbonyl (C=O) groups excluding carboxylic acids is 1. The van der Waals surface area contributed by atoms with E-state index in [1.165, 1.54) is 12.8 Å². The third-order valence-corrected chi connectivity index (χ3v) is 3.88. The van der Waals surface area contributed by atoms with Crippen molar-refractivity contribution in [3.63, 3.8) is 0 Å². The lowest BCUT2D eigenvalue weighted by atomic mass is 9.99. The molecule has 1 saturated heterocycles. The Morgan fingerprint density at radius 1 is 1.29 bits per heavy atom. The predicted molar refractivity (Wildman–Crippen MR) is 66.7 cm³/mol. The molecule has 2 aliphatic rings. The SMILES string of the molecule is CC1CCN(CC(=O)N(CCO)C2CC2)CC1. The van der Waals surface area contributed by atoms with Crippen LogP contribution in [0, 0.1) is 5.92 Å². The lowest BCUT2D eigenvalue weighted by Crippen LogP contribution is -2.45. The zero-order chi connectivity index (χ0) is 12.3. The van der Waals surface area contributed by atoms with Crippen LogP contribution in [0.25, 0.3) is 0 Å². The van der Waals surface area contributed by atoms with Crippen LogP contribution in [-0.2, 0) is 4.79 Å². The van der Waals surface area contributed by atoms with Gasteiger partial charge in [-0.3, -0.25) is 9.69 Å². The van der Waals surface area contributed by atoms with Gasteiger partial charge in [0, 0.05) is 12.6 Å². The molecule has 1 heterocycles. The molecular weight excluding hydrogens is 216 g/mol. The molecule has 4 heteroatoms. The predicted octanol–water partition coefficient (Wildman–Crippen LogP) is 0.702. The van der Waals surface area contributed by atoms with Crippen LogP contribution in [0.4, 0.5) is 0 Å². The van der Waals surface area contributed by atoms with E-state index in [1.54, 1.807) is 0 Å². The van der Waals surface area contributed by atoms with Crippen molar-refractivity contribution >= 4 is 5.91 Å². The molecule has 0 aromatic heterocycles. The van der Waals surface area contributed by atoms with Crippen LogP contribution < -0.4 is 0 Å². The van der Waals surface area contributed by atoms with E-state index in [1.807, 2.05) is 4.90 Å². The summed E-state index contributed by atoms with van der Waals surface area (Å²) in [6.45, 7) is 5.51. The highest BCUT2D eigenvalue weighted by atomic mass is 16.3. The van der Waals surface area contributed by atoms with Gasteiger partial charge in [0.25, 0.3) is 0 Å². The van der Waals surface area contributed by atoms with Crippen molar-refractivity contribution < 1.29 is 9.90 Å². The fourth-order valence-electron chi connectivity index (χ4n) is 2.51. The maximum absolute atomic E-state index is 12.1. The summed E-state index contributed by atoms with van der Waals surface area (Å²) in [4.78, 5) is 16.3. The van der Waals surface area contributed by atoms with Gasteiger partial charge in [-0.2, -0.15) is 0 Å². The zero-order valence-electron chi connectivity index (χ0n) is 10.8. The standard InChI is InChI=1S/C13H24N2O2/c1-11-4-6-14(7-5-11)10-13(17)15(8-9-16)12-2-3-12/h11-12,16H,2-10H2,1H3.